The maximum atomic E-state index is 12.8. The summed E-state index contributed by atoms with van der Waals surface area (Å²) in [7, 11) is 0. The lowest BCUT2D eigenvalue weighted by atomic mass is 10.2. The number of hydrogen-bond acceptors (Lipinski definition) is 3. The summed E-state index contributed by atoms with van der Waals surface area (Å²) in [6.07, 6.45) is 0. The third-order valence-electron chi connectivity index (χ3n) is 1.80. The smallest absolute Gasteiger partial charge is 0.396 e. The summed E-state index contributed by atoms with van der Waals surface area (Å²) >= 11 is 0. The Morgan fingerprint density at radius 1 is 1.44 bits per heavy atom. The van der Waals surface area contributed by atoms with E-state index in [2.05, 4.69) is 10.1 Å². The van der Waals surface area contributed by atoms with Crippen molar-refractivity contribution in [2.45, 2.75) is 13.5 Å². The molecule has 1 aromatic carbocycles. The van der Waals surface area contributed by atoms with Crippen LogP contribution in [0.15, 0.2) is 24.3 Å². The largest absolute Gasteiger partial charge is 0.459 e. The van der Waals surface area contributed by atoms with Gasteiger partial charge in [-0.25, -0.2) is 9.18 Å². The van der Waals surface area contributed by atoms with Crippen molar-refractivity contribution >= 4 is 11.9 Å². The first-order valence-electron chi connectivity index (χ1n) is 4.83. The topological polar surface area (TPSA) is 55.4 Å². The number of nitrogens with one attached hydrogen (secondary N) is 1. The van der Waals surface area contributed by atoms with Crippen molar-refractivity contribution in [3.63, 3.8) is 0 Å². The van der Waals surface area contributed by atoms with E-state index >= 15 is 0 Å². The Hall–Kier alpha value is -1.91. The molecule has 0 heterocycles. The minimum Gasteiger partial charge on any atom is -0.459 e. The fourth-order valence-electron chi connectivity index (χ4n) is 1.10. The Balaban J connectivity index is 2.46. The van der Waals surface area contributed by atoms with E-state index < -0.39 is 11.9 Å². The molecule has 0 bridgehead atoms. The Bertz CT molecular complexity index is 393. The van der Waals surface area contributed by atoms with Gasteiger partial charge in [-0.1, -0.05) is 12.1 Å². The van der Waals surface area contributed by atoms with Crippen LogP contribution in [0.2, 0.25) is 0 Å². The number of halogens is 1. The van der Waals surface area contributed by atoms with Crippen LogP contribution in [0.4, 0.5) is 4.39 Å². The first kappa shape index (κ1) is 12.2. The van der Waals surface area contributed by atoms with Gasteiger partial charge in [0.15, 0.2) is 0 Å². The minimum atomic E-state index is -0.932. The van der Waals surface area contributed by atoms with E-state index in [4.69, 9.17) is 0 Å². The molecule has 4 nitrogen and oxygen atoms in total. The molecule has 5 heteroatoms. The molecule has 1 rings (SSSR count). The van der Waals surface area contributed by atoms with Crippen molar-refractivity contribution in [3.8, 4) is 0 Å². The molecule has 1 N–H and O–H groups in total. The average molecular weight is 225 g/mol. The van der Waals surface area contributed by atoms with Crippen LogP contribution in [-0.2, 0) is 20.9 Å². The number of amides is 1. The fourth-order valence-corrected chi connectivity index (χ4v) is 1.10. The normalized spacial score (nSPS) is 9.62. The molecule has 0 aliphatic carbocycles. The van der Waals surface area contributed by atoms with Crippen molar-refractivity contribution in [2.75, 3.05) is 6.61 Å². The molecule has 0 saturated carbocycles. The highest BCUT2D eigenvalue weighted by atomic mass is 19.1. The van der Waals surface area contributed by atoms with Gasteiger partial charge in [-0.05, 0) is 24.6 Å². The molecule has 0 spiro atoms. The van der Waals surface area contributed by atoms with Crippen molar-refractivity contribution in [3.05, 3.63) is 35.6 Å². The van der Waals surface area contributed by atoms with E-state index in [1.165, 1.54) is 18.2 Å². The lowest BCUT2D eigenvalue weighted by Crippen LogP contribution is -2.32. The monoisotopic (exact) mass is 225 g/mol. The van der Waals surface area contributed by atoms with Crippen LogP contribution in [0.1, 0.15) is 12.5 Å². The van der Waals surface area contributed by atoms with E-state index in [-0.39, 0.29) is 19.0 Å². The Kier molecular flexibility index (Phi) is 4.44. The maximum absolute atomic E-state index is 12.8. The molecule has 86 valence electrons. The number of benzene rings is 1. The molecule has 16 heavy (non-hydrogen) atoms. The Labute approximate surface area is 92.4 Å². The molecule has 1 aromatic rings. The summed E-state index contributed by atoms with van der Waals surface area (Å²) in [6, 6.07) is 5.76. The SMILES string of the molecule is CCOC(=O)C(=O)NCc1cccc(F)c1. The van der Waals surface area contributed by atoms with Gasteiger partial charge in [0, 0.05) is 6.54 Å². The highest BCUT2D eigenvalue weighted by Crippen LogP contribution is 2.02. The summed E-state index contributed by atoms with van der Waals surface area (Å²) in [6.45, 7) is 1.85. The molecular formula is C11H12FNO3. The van der Waals surface area contributed by atoms with Crippen molar-refractivity contribution in [1.82, 2.24) is 5.32 Å². The van der Waals surface area contributed by atoms with Gasteiger partial charge in [0.25, 0.3) is 0 Å². The summed E-state index contributed by atoms with van der Waals surface area (Å²) in [5, 5.41) is 2.33. The van der Waals surface area contributed by atoms with E-state index in [1.54, 1.807) is 13.0 Å². The van der Waals surface area contributed by atoms with E-state index in [9.17, 15) is 14.0 Å². The summed E-state index contributed by atoms with van der Waals surface area (Å²) in [5.41, 5.74) is 0.581. The third kappa shape index (κ3) is 3.68. The van der Waals surface area contributed by atoms with Crippen LogP contribution in [0.25, 0.3) is 0 Å². The Morgan fingerprint density at radius 2 is 2.19 bits per heavy atom. The standard InChI is InChI=1S/C11H12FNO3/c1-2-16-11(15)10(14)13-7-8-4-3-5-9(12)6-8/h3-6H,2,7H2,1H3,(H,13,14). The van der Waals surface area contributed by atoms with Gasteiger partial charge >= 0.3 is 11.9 Å². The number of carbonyl (C=O) groups is 2. The molecule has 0 radical (unpaired) electrons. The molecule has 0 atom stereocenters. The number of rotatable bonds is 3. The van der Waals surface area contributed by atoms with Crippen LogP contribution in [0.5, 0.6) is 0 Å². The molecule has 0 aliphatic rings. The first-order valence-corrected chi connectivity index (χ1v) is 4.83. The zero-order valence-electron chi connectivity index (χ0n) is 8.83. The highest BCUT2D eigenvalue weighted by molar-refractivity contribution is 6.32. The fraction of sp³-hybridized carbons (Fsp3) is 0.273. The van der Waals surface area contributed by atoms with Crippen LogP contribution in [0.3, 0.4) is 0 Å². The van der Waals surface area contributed by atoms with Gasteiger partial charge in [-0.3, -0.25) is 4.79 Å². The minimum absolute atomic E-state index is 0.0927. The molecule has 0 aliphatic heterocycles. The lowest BCUT2D eigenvalue weighted by Gasteiger charge is -2.04. The highest BCUT2D eigenvalue weighted by Gasteiger charge is 2.13. The summed E-state index contributed by atoms with van der Waals surface area (Å²) in [5.74, 6) is -2.15. The van der Waals surface area contributed by atoms with Crippen molar-refractivity contribution in [1.29, 1.82) is 0 Å². The predicted octanol–water partition coefficient (Wildman–Crippen LogP) is 1.00. The molecule has 0 aromatic heterocycles. The second-order valence-corrected chi connectivity index (χ2v) is 3.03. The second-order valence-electron chi connectivity index (χ2n) is 3.03. The van der Waals surface area contributed by atoms with Gasteiger partial charge in [-0.2, -0.15) is 0 Å². The third-order valence-corrected chi connectivity index (χ3v) is 1.80. The van der Waals surface area contributed by atoms with Crippen LogP contribution in [-0.4, -0.2) is 18.5 Å². The van der Waals surface area contributed by atoms with E-state index in [0.717, 1.165) is 0 Å². The molecule has 0 saturated heterocycles. The zero-order valence-corrected chi connectivity index (χ0v) is 8.83. The second kappa shape index (κ2) is 5.85. The van der Waals surface area contributed by atoms with Crippen LogP contribution in [0, 0.1) is 5.82 Å². The van der Waals surface area contributed by atoms with Gasteiger partial charge in [0.05, 0.1) is 6.61 Å². The number of esters is 1. The van der Waals surface area contributed by atoms with E-state index in [0.29, 0.717) is 5.56 Å². The van der Waals surface area contributed by atoms with E-state index in [1.807, 2.05) is 0 Å². The number of carbonyl (C=O) groups excluding carboxylic acids is 2. The lowest BCUT2D eigenvalue weighted by molar-refractivity contribution is -0.154. The van der Waals surface area contributed by atoms with Gasteiger partial charge in [-0.15, -0.1) is 0 Å². The first-order chi connectivity index (χ1) is 7.63. The number of hydrogen-bond donors (Lipinski definition) is 1. The average Bonchev–Trinajstić information content (AvgIpc) is 2.26. The number of ether oxygens (including phenoxy) is 1. The zero-order chi connectivity index (χ0) is 12.0. The molecule has 1 amide bonds. The molecule has 0 fully saturated rings. The summed E-state index contributed by atoms with van der Waals surface area (Å²) in [4.78, 5) is 22.0. The van der Waals surface area contributed by atoms with Crippen molar-refractivity contribution < 1.29 is 18.7 Å². The molecular weight excluding hydrogens is 213 g/mol. The predicted molar refractivity (Wildman–Crippen MR) is 54.9 cm³/mol. The molecule has 0 unspecified atom stereocenters. The Morgan fingerprint density at radius 3 is 2.81 bits per heavy atom. The maximum Gasteiger partial charge on any atom is 0.396 e. The van der Waals surface area contributed by atoms with Gasteiger partial charge in [0.2, 0.25) is 0 Å². The van der Waals surface area contributed by atoms with Crippen LogP contribution < -0.4 is 5.32 Å². The van der Waals surface area contributed by atoms with Gasteiger partial charge < -0.3 is 10.1 Å². The quantitative estimate of drug-likeness (QED) is 0.617. The van der Waals surface area contributed by atoms with Crippen LogP contribution >= 0.6 is 0 Å². The van der Waals surface area contributed by atoms with Gasteiger partial charge in [0.1, 0.15) is 5.82 Å². The van der Waals surface area contributed by atoms with Crippen molar-refractivity contribution in [2.24, 2.45) is 0 Å². The summed E-state index contributed by atoms with van der Waals surface area (Å²) < 4.78 is 17.3.